The van der Waals surface area contributed by atoms with Gasteiger partial charge < -0.3 is 0 Å². The SMILES string of the molecule is IN1c2ccccc2CCc2ccccc21. The van der Waals surface area contributed by atoms with Gasteiger partial charge >= 0.3 is 0 Å². The van der Waals surface area contributed by atoms with Crippen LogP contribution >= 0.6 is 22.9 Å². The van der Waals surface area contributed by atoms with E-state index in [4.69, 9.17) is 0 Å². The lowest BCUT2D eigenvalue weighted by molar-refractivity contribution is 0.977. The van der Waals surface area contributed by atoms with E-state index in [1.165, 1.54) is 22.5 Å². The Hall–Kier alpha value is -1.03. The van der Waals surface area contributed by atoms with Crippen LogP contribution in [0.2, 0.25) is 0 Å². The topological polar surface area (TPSA) is 3.24 Å². The number of hydrogen-bond donors (Lipinski definition) is 0. The molecule has 0 aliphatic carbocycles. The number of halogens is 1. The van der Waals surface area contributed by atoms with E-state index in [1.54, 1.807) is 0 Å². The molecule has 80 valence electrons. The highest BCUT2D eigenvalue weighted by Crippen LogP contribution is 2.38. The van der Waals surface area contributed by atoms with Gasteiger partial charge in [-0.3, -0.25) is 3.11 Å². The average Bonchev–Trinajstić information content (AvgIpc) is 2.49. The standard InChI is InChI=1S/C14H12IN/c15-16-13-7-3-1-5-11(13)9-10-12-6-2-4-8-14(12)16/h1-8H,9-10H2. The monoisotopic (exact) mass is 321 g/mol. The molecule has 3 rings (SSSR count). The number of para-hydroxylation sites is 2. The van der Waals surface area contributed by atoms with Gasteiger partial charge in [0.15, 0.2) is 0 Å². The molecular formula is C14H12IN. The summed E-state index contributed by atoms with van der Waals surface area (Å²) in [7, 11) is 0. The Morgan fingerprint density at radius 3 is 1.69 bits per heavy atom. The van der Waals surface area contributed by atoms with Crippen molar-refractivity contribution < 1.29 is 0 Å². The van der Waals surface area contributed by atoms with Gasteiger partial charge in [0, 0.05) is 0 Å². The molecule has 0 N–H and O–H groups in total. The van der Waals surface area contributed by atoms with Crippen LogP contribution in [-0.2, 0) is 12.8 Å². The van der Waals surface area contributed by atoms with Crippen LogP contribution in [0.3, 0.4) is 0 Å². The van der Waals surface area contributed by atoms with E-state index in [0.29, 0.717) is 0 Å². The summed E-state index contributed by atoms with van der Waals surface area (Å²) in [5.74, 6) is 0. The summed E-state index contributed by atoms with van der Waals surface area (Å²) in [5.41, 5.74) is 5.53. The van der Waals surface area contributed by atoms with Gasteiger partial charge in [-0.1, -0.05) is 36.4 Å². The molecule has 2 aromatic carbocycles. The average molecular weight is 321 g/mol. The Morgan fingerprint density at radius 1 is 0.750 bits per heavy atom. The van der Waals surface area contributed by atoms with Gasteiger partial charge in [-0.05, 0) is 36.1 Å². The summed E-state index contributed by atoms with van der Waals surface area (Å²) >= 11 is 2.40. The second-order valence-electron chi connectivity index (χ2n) is 4.04. The second kappa shape index (κ2) is 4.09. The molecule has 1 aliphatic rings. The first-order chi connectivity index (χ1) is 7.86. The highest BCUT2D eigenvalue weighted by Gasteiger charge is 2.17. The molecule has 0 saturated heterocycles. The molecule has 16 heavy (non-hydrogen) atoms. The summed E-state index contributed by atoms with van der Waals surface area (Å²) in [6.07, 6.45) is 2.26. The zero-order valence-corrected chi connectivity index (χ0v) is 11.0. The zero-order valence-electron chi connectivity index (χ0n) is 8.86. The Balaban J connectivity index is 2.18. The largest absolute Gasteiger partial charge is 0.282 e. The third-order valence-electron chi connectivity index (χ3n) is 3.07. The van der Waals surface area contributed by atoms with Crippen LogP contribution in [0.15, 0.2) is 48.5 Å². The van der Waals surface area contributed by atoms with Gasteiger partial charge in [0.25, 0.3) is 0 Å². The fourth-order valence-corrected chi connectivity index (χ4v) is 3.17. The molecule has 0 atom stereocenters. The van der Waals surface area contributed by atoms with E-state index in [-0.39, 0.29) is 0 Å². The van der Waals surface area contributed by atoms with Crippen LogP contribution in [0.25, 0.3) is 0 Å². The van der Waals surface area contributed by atoms with Crippen molar-refractivity contribution in [3.05, 3.63) is 59.7 Å². The fourth-order valence-electron chi connectivity index (χ4n) is 2.23. The summed E-state index contributed by atoms with van der Waals surface area (Å²) in [6.45, 7) is 0. The number of anilines is 2. The Labute approximate surface area is 110 Å². The fraction of sp³-hybridized carbons (Fsp3) is 0.143. The molecule has 1 nitrogen and oxygen atoms in total. The van der Waals surface area contributed by atoms with Gasteiger partial charge in [-0.2, -0.15) is 0 Å². The minimum absolute atomic E-state index is 1.13. The number of aryl methyl sites for hydroxylation is 2. The second-order valence-corrected chi connectivity index (χ2v) is 5.00. The Kier molecular flexibility index (Phi) is 2.59. The van der Waals surface area contributed by atoms with Crippen molar-refractivity contribution >= 4 is 34.2 Å². The van der Waals surface area contributed by atoms with Crippen LogP contribution in [0.5, 0.6) is 0 Å². The molecule has 0 radical (unpaired) electrons. The lowest BCUT2D eigenvalue weighted by atomic mass is 10.0. The molecule has 0 aromatic heterocycles. The van der Waals surface area contributed by atoms with Crippen LogP contribution in [0, 0.1) is 0 Å². The predicted molar refractivity (Wildman–Crippen MR) is 76.5 cm³/mol. The zero-order chi connectivity index (χ0) is 11.0. The third-order valence-corrected chi connectivity index (χ3v) is 4.11. The van der Waals surface area contributed by atoms with Crippen molar-refractivity contribution in [3.8, 4) is 0 Å². The number of rotatable bonds is 0. The van der Waals surface area contributed by atoms with Gasteiger partial charge in [0.1, 0.15) is 0 Å². The first kappa shape index (κ1) is 10.1. The molecule has 0 fully saturated rings. The molecule has 2 heteroatoms. The van der Waals surface area contributed by atoms with Crippen LogP contribution in [0.1, 0.15) is 11.1 Å². The van der Waals surface area contributed by atoms with E-state index < -0.39 is 0 Å². The number of benzene rings is 2. The van der Waals surface area contributed by atoms with Crippen molar-refractivity contribution in [1.29, 1.82) is 0 Å². The molecule has 0 spiro atoms. The third kappa shape index (κ3) is 1.61. The van der Waals surface area contributed by atoms with Crippen molar-refractivity contribution in [2.75, 3.05) is 3.11 Å². The van der Waals surface area contributed by atoms with E-state index >= 15 is 0 Å². The van der Waals surface area contributed by atoms with Gasteiger partial charge in [0.2, 0.25) is 0 Å². The maximum absolute atomic E-state index is 2.40. The Morgan fingerprint density at radius 2 is 1.19 bits per heavy atom. The summed E-state index contributed by atoms with van der Waals surface area (Å²) in [6, 6.07) is 17.3. The molecule has 0 amide bonds. The summed E-state index contributed by atoms with van der Waals surface area (Å²) in [5, 5.41) is 0. The minimum atomic E-state index is 1.13. The number of hydrogen-bond acceptors (Lipinski definition) is 1. The van der Waals surface area contributed by atoms with Gasteiger partial charge in [-0.15, -0.1) is 0 Å². The normalized spacial score (nSPS) is 13.9. The van der Waals surface area contributed by atoms with Crippen LogP contribution in [-0.4, -0.2) is 0 Å². The molecular weight excluding hydrogens is 309 g/mol. The lowest BCUT2D eigenvalue weighted by Gasteiger charge is -2.18. The molecule has 0 bridgehead atoms. The molecule has 1 heterocycles. The van der Waals surface area contributed by atoms with Gasteiger partial charge in [-0.25, -0.2) is 0 Å². The molecule has 1 aliphatic heterocycles. The van der Waals surface area contributed by atoms with E-state index in [9.17, 15) is 0 Å². The van der Waals surface area contributed by atoms with Crippen molar-refractivity contribution in [1.82, 2.24) is 0 Å². The van der Waals surface area contributed by atoms with Crippen molar-refractivity contribution in [2.24, 2.45) is 0 Å². The molecule has 0 unspecified atom stereocenters. The summed E-state index contributed by atoms with van der Waals surface area (Å²) < 4.78 is 2.27. The highest BCUT2D eigenvalue weighted by atomic mass is 127. The maximum atomic E-state index is 2.40. The van der Waals surface area contributed by atoms with Crippen molar-refractivity contribution in [3.63, 3.8) is 0 Å². The smallest absolute Gasteiger partial charge is 0.0646 e. The Bertz CT molecular complexity index is 474. The summed E-state index contributed by atoms with van der Waals surface area (Å²) in [4.78, 5) is 0. The van der Waals surface area contributed by atoms with E-state index in [0.717, 1.165) is 12.8 Å². The highest BCUT2D eigenvalue weighted by molar-refractivity contribution is 14.1. The lowest BCUT2D eigenvalue weighted by Crippen LogP contribution is -2.02. The van der Waals surface area contributed by atoms with Crippen LogP contribution < -0.4 is 3.11 Å². The number of fused-ring (bicyclic) bond motifs is 2. The molecule has 2 aromatic rings. The predicted octanol–water partition coefficient (Wildman–Crippen LogP) is 4.27. The number of nitrogens with zero attached hydrogens (tertiary/aromatic N) is 1. The molecule has 0 saturated carbocycles. The first-order valence-corrected chi connectivity index (χ1v) is 6.44. The van der Waals surface area contributed by atoms with Crippen LogP contribution in [0.4, 0.5) is 11.4 Å². The van der Waals surface area contributed by atoms with E-state index in [1.807, 2.05) is 0 Å². The quantitative estimate of drug-likeness (QED) is 0.517. The maximum Gasteiger partial charge on any atom is 0.0646 e. The minimum Gasteiger partial charge on any atom is -0.282 e. The first-order valence-electron chi connectivity index (χ1n) is 5.48. The van der Waals surface area contributed by atoms with Crippen molar-refractivity contribution in [2.45, 2.75) is 12.8 Å². The van der Waals surface area contributed by atoms with Gasteiger partial charge in [0.05, 0.1) is 34.2 Å². The van der Waals surface area contributed by atoms with E-state index in [2.05, 4.69) is 74.5 Å².